The zero-order chi connectivity index (χ0) is 16.8. The summed E-state index contributed by atoms with van der Waals surface area (Å²) in [7, 11) is 0. The number of carbonyl (C=O) groups excluding carboxylic acids is 2. The molecule has 0 aliphatic heterocycles. The van der Waals surface area contributed by atoms with Crippen LogP contribution in [-0.4, -0.2) is 18.5 Å². The lowest BCUT2D eigenvalue weighted by Gasteiger charge is -2.12. The molecule has 5 nitrogen and oxygen atoms in total. The molecule has 1 aromatic carbocycles. The van der Waals surface area contributed by atoms with Crippen LogP contribution in [0.25, 0.3) is 0 Å². The number of hydrogen-bond donors (Lipinski definition) is 2. The van der Waals surface area contributed by atoms with Crippen molar-refractivity contribution in [2.24, 2.45) is 17.8 Å². The van der Waals surface area contributed by atoms with Crippen molar-refractivity contribution in [3.8, 4) is 5.75 Å². The lowest BCUT2D eigenvalue weighted by Crippen LogP contribution is -2.27. The Kier molecular flexibility index (Phi) is 6.02. The smallest absolute Gasteiger partial charge is 0.410 e. The predicted octanol–water partition coefficient (Wildman–Crippen LogP) is 3.81. The van der Waals surface area contributed by atoms with Crippen molar-refractivity contribution in [3.05, 3.63) is 24.3 Å². The highest BCUT2D eigenvalue weighted by Gasteiger charge is 2.32. The van der Waals surface area contributed by atoms with Gasteiger partial charge in [0.1, 0.15) is 5.75 Å². The summed E-state index contributed by atoms with van der Waals surface area (Å²) in [5.74, 6) is 1.71. The Morgan fingerprint density at radius 3 is 2.57 bits per heavy atom. The van der Waals surface area contributed by atoms with Crippen LogP contribution in [0.3, 0.4) is 0 Å². The molecular formula is C18H26N2O3. The largest absolute Gasteiger partial charge is 0.412 e. The molecular weight excluding hydrogens is 292 g/mol. The molecule has 126 valence electrons. The van der Waals surface area contributed by atoms with Gasteiger partial charge in [-0.2, -0.15) is 0 Å². The summed E-state index contributed by atoms with van der Waals surface area (Å²) in [4.78, 5) is 23.9. The minimum Gasteiger partial charge on any atom is -0.410 e. The van der Waals surface area contributed by atoms with Gasteiger partial charge in [0.15, 0.2) is 0 Å². The minimum absolute atomic E-state index is 0.0498. The molecule has 0 heterocycles. The Bertz CT molecular complexity index is 549. The SMILES string of the molecule is CCCNC(=O)Oc1cccc(NC(=O)C2CC(C)C(C)C2)c1. The van der Waals surface area contributed by atoms with E-state index in [0.29, 0.717) is 29.8 Å². The van der Waals surface area contributed by atoms with E-state index in [1.807, 2.05) is 6.92 Å². The quantitative estimate of drug-likeness (QED) is 0.867. The molecule has 1 aliphatic rings. The summed E-state index contributed by atoms with van der Waals surface area (Å²) in [6.45, 7) is 6.94. The van der Waals surface area contributed by atoms with Crippen LogP contribution in [0.2, 0.25) is 0 Å². The van der Waals surface area contributed by atoms with E-state index in [-0.39, 0.29) is 11.8 Å². The van der Waals surface area contributed by atoms with Crippen molar-refractivity contribution in [2.45, 2.75) is 40.0 Å². The number of anilines is 1. The molecule has 0 saturated heterocycles. The van der Waals surface area contributed by atoms with Crippen molar-refractivity contribution < 1.29 is 14.3 Å². The van der Waals surface area contributed by atoms with Crippen molar-refractivity contribution >= 4 is 17.7 Å². The summed E-state index contributed by atoms with van der Waals surface area (Å²) in [5.41, 5.74) is 0.656. The average molecular weight is 318 g/mol. The zero-order valence-corrected chi connectivity index (χ0v) is 14.1. The van der Waals surface area contributed by atoms with Gasteiger partial charge in [0.05, 0.1) is 0 Å². The molecule has 0 radical (unpaired) electrons. The third-order valence-electron chi connectivity index (χ3n) is 4.49. The van der Waals surface area contributed by atoms with Gasteiger partial charge in [-0.15, -0.1) is 0 Å². The normalized spacial score (nSPS) is 23.3. The van der Waals surface area contributed by atoms with Crippen LogP contribution in [0.15, 0.2) is 24.3 Å². The number of hydrogen-bond acceptors (Lipinski definition) is 3. The van der Waals surface area contributed by atoms with Crippen LogP contribution in [0.4, 0.5) is 10.5 Å². The molecule has 23 heavy (non-hydrogen) atoms. The van der Waals surface area contributed by atoms with Crippen LogP contribution < -0.4 is 15.4 Å². The second-order valence-corrected chi connectivity index (χ2v) is 6.46. The molecule has 1 aromatic rings. The van der Waals surface area contributed by atoms with Crippen LogP contribution >= 0.6 is 0 Å². The third-order valence-corrected chi connectivity index (χ3v) is 4.49. The van der Waals surface area contributed by atoms with Crippen molar-refractivity contribution in [1.82, 2.24) is 5.32 Å². The van der Waals surface area contributed by atoms with Crippen LogP contribution in [-0.2, 0) is 4.79 Å². The van der Waals surface area contributed by atoms with Crippen LogP contribution in [0.5, 0.6) is 5.75 Å². The fraction of sp³-hybridized carbons (Fsp3) is 0.556. The van der Waals surface area contributed by atoms with Gasteiger partial charge in [-0.3, -0.25) is 4.79 Å². The maximum Gasteiger partial charge on any atom is 0.412 e. The molecule has 2 unspecified atom stereocenters. The van der Waals surface area contributed by atoms with E-state index in [9.17, 15) is 9.59 Å². The third kappa shape index (κ3) is 4.98. The van der Waals surface area contributed by atoms with Crippen molar-refractivity contribution in [2.75, 3.05) is 11.9 Å². The Labute approximate surface area is 137 Å². The molecule has 2 atom stereocenters. The van der Waals surface area contributed by atoms with Gasteiger partial charge in [-0.1, -0.05) is 26.8 Å². The molecule has 2 rings (SSSR count). The maximum atomic E-state index is 12.3. The summed E-state index contributed by atoms with van der Waals surface area (Å²) in [6, 6.07) is 6.93. The number of amides is 2. The van der Waals surface area contributed by atoms with E-state index in [4.69, 9.17) is 4.74 Å². The molecule has 0 spiro atoms. The van der Waals surface area contributed by atoms with Crippen molar-refractivity contribution in [1.29, 1.82) is 0 Å². The molecule has 0 aromatic heterocycles. The Morgan fingerprint density at radius 1 is 1.22 bits per heavy atom. The van der Waals surface area contributed by atoms with E-state index in [2.05, 4.69) is 24.5 Å². The van der Waals surface area contributed by atoms with Gasteiger partial charge < -0.3 is 15.4 Å². The highest BCUT2D eigenvalue weighted by Crippen LogP contribution is 2.36. The summed E-state index contributed by atoms with van der Waals surface area (Å²) >= 11 is 0. The monoisotopic (exact) mass is 318 g/mol. The van der Waals surface area contributed by atoms with Crippen LogP contribution in [0, 0.1) is 17.8 Å². The fourth-order valence-electron chi connectivity index (χ4n) is 2.92. The highest BCUT2D eigenvalue weighted by atomic mass is 16.6. The van der Waals surface area contributed by atoms with E-state index < -0.39 is 6.09 Å². The Hall–Kier alpha value is -2.04. The van der Waals surface area contributed by atoms with Gasteiger partial charge >= 0.3 is 6.09 Å². The second kappa shape index (κ2) is 7.99. The standard InChI is InChI=1S/C18H26N2O3/c1-4-8-19-18(22)23-16-7-5-6-15(11-16)20-17(21)14-9-12(2)13(3)10-14/h5-7,11-14H,4,8-10H2,1-3H3,(H,19,22)(H,20,21). The number of ether oxygens (including phenoxy) is 1. The Balaban J connectivity index is 1.92. The van der Waals surface area contributed by atoms with Crippen molar-refractivity contribution in [3.63, 3.8) is 0 Å². The minimum atomic E-state index is -0.478. The van der Waals surface area contributed by atoms with Gasteiger partial charge in [0.2, 0.25) is 5.91 Å². The first-order valence-corrected chi connectivity index (χ1v) is 8.36. The summed E-state index contributed by atoms with van der Waals surface area (Å²) in [6.07, 6.45) is 2.24. The summed E-state index contributed by atoms with van der Waals surface area (Å²) < 4.78 is 5.20. The van der Waals surface area contributed by atoms with Crippen LogP contribution in [0.1, 0.15) is 40.0 Å². The first-order chi connectivity index (χ1) is 11.0. The lowest BCUT2D eigenvalue weighted by atomic mass is 10.0. The van der Waals surface area contributed by atoms with E-state index in [1.165, 1.54) is 0 Å². The number of benzene rings is 1. The molecule has 5 heteroatoms. The van der Waals surface area contributed by atoms with Gasteiger partial charge in [0.25, 0.3) is 0 Å². The number of nitrogens with one attached hydrogen (secondary N) is 2. The lowest BCUT2D eigenvalue weighted by molar-refractivity contribution is -0.119. The maximum absolute atomic E-state index is 12.3. The topological polar surface area (TPSA) is 67.4 Å². The number of carbonyl (C=O) groups is 2. The molecule has 1 saturated carbocycles. The van der Waals surface area contributed by atoms with E-state index >= 15 is 0 Å². The Morgan fingerprint density at radius 2 is 1.91 bits per heavy atom. The zero-order valence-electron chi connectivity index (χ0n) is 14.1. The van der Waals surface area contributed by atoms with Gasteiger partial charge in [-0.05, 0) is 43.2 Å². The van der Waals surface area contributed by atoms with E-state index in [0.717, 1.165) is 19.3 Å². The molecule has 2 amide bonds. The predicted molar refractivity (Wildman–Crippen MR) is 90.4 cm³/mol. The molecule has 2 N–H and O–H groups in total. The van der Waals surface area contributed by atoms with Gasteiger partial charge in [0, 0.05) is 24.2 Å². The van der Waals surface area contributed by atoms with Gasteiger partial charge in [-0.25, -0.2) is 4.79 Å². The number of rotatable bonds is 5. The van der Waals surface area contributed by atoms with E-state index in [1.54, 1.807) is 24.3 Å². The fourth-order valence-corrected chi connectivity index (χ4v) is 2.92. The summed E-state index contributed by atoms with van der Waals surface area (Å²) in [5, 5.41) is 5.58. The highest BCUT2D eigenvalue weighted by molar-refractivity contribution is 5.93. The molecule has 1 aliphatic carbocycles. The second-order valence-electron chi connectivity index (χ2n) is 6.46. The first kappa shape index (κ1) is 17.3. The molecule has 0 bridgehead atoms. The molecule has 1 fully saturated rings. The first-order valence-electron chi connectivity index (χ1n) is 8.36. The average Bonchev–Trinajstić information content (AvgIpc) is 2.85.